The van der Waals surface area contributed by atoms with Crippen LogP contribution in [0.5, 0.6) is 5.75 Å². The number of benzene rings is 1. The van der Waals surface area contributed by atoms with Gasteiger partial charge in [0.15, 0.2) is 0 Å². The third-order valence-corrected chi connectivity index (χ3v) is 4.82. The van der Waals surface area contributed by atoms with Crippen LogP contribution in [0.4, 0.5) is 13.2 Å². The van der Waals surface area contributed by atoms with Gasteiger partial charge in [0.2, 0.25) is 0 Å². The van der Waals surface area contributed by atoms with E-state index in [0.29, 0.717) is 5.92 Å². The van der Waals surface area contributed by atoms with Gasteiger partial charge in [0, 0.05) is 0 Å². The topological polar surface area (TPSA) is 43.4 Å². The Hall–Kier alpha value is -1.24. The van der Waals surface area contributed by atoms with Gasteiger partial charge < -0.3 is 4.18 Å². The minimum atomic E-state index is -4.97. The first-order valence-corrected chi connectivity index (χ1v) is 8.33. The number of hydrogen-bond acceptors (Lipinski definition) is 3. The molecule has 1 aliphatic rings. The predicted molar refractivity (Wildman–Crippen MR) is 72.7 cm³/mol. The molecule has 21 heavy (non-hydrogen) atoms. The van der Waals surface area contributed by atoms with Gasteiger partial charge in [-0.1, -0.05) is 31.4 Å². The molecule has 0 amide bonds. The maximum absolute atomic E-state index is 12.9. The standard InChI is InChI=1S/C14H17F3O3S/c15-13(16)14(17)21(18,19)20-12-8-6-11(7-9-12)10-4-2-1-3-5-10/h6-10,13-14H,1-5H2. The monoisotopic (exact) mass is 322 g/mol. The molecule has 2 rings (SSSR count). The fourth-order valence-corrected chi connectivity index (χ4v) is 3.26. The lowest BCUT2D eigenvalue weighted by molar-refractivity contribution is 0.0864. The molecule has 7 heteroatoms. The Morgan fingerprint density at radius 2 is 1.57 bits per heavy atom. The molecule has 1 aromatic rings. The molecule has 118 valence electrons. The average Bonchev–Trinajstić information content (AvgIpc) is 2.47. The van der Waals surface area contributed by atoms with E-state index in [1.54, 1.807) is 12.1 Å². The van der Waals surface area contributed by atoms with Crippen molar-refractivity contribution in [3.8, 4) is 5.75 Å². The third-order valence-electron chi connectivity index (χ3n) is 3.64. The van der Waals surface area contributed by atoms with E-state index < -0.39 is 22.0 Å². The first-order chi connectivity index (χ1) is 9.90. The molecular formula is C14H17F3O3S. The van der Waals surface area contributed by atoms with Crippen LogP contribution >= 0.6 is 0 Å². The summed E-state index contributed by atoms with van der Waals surface area (Å²) in [7, 11) is -4.97. The zero-order valence-electron chi connectivity index (χ0n) is 11.3. The predicted octanol–water partition coefficient (Wildman–Crippen LogP) is 4.00. The van der Waals surface area contributed by atoms with Gasteiger partial charge in [-0.15, -0.1) is 0 Å². The average molecular weight is 322 g/mol. The SMILES string of the molecule is O=S(=O)(Oc1ccc(C2CCCCC2)cc1)C(F)C(F)F. The summed E-state index contributed by atoms with van der Waals surface area (Å²) in [5, 5.41) is 0. The van der Waals surface area contributed by atoms with E-state index in [1.165, 1.54) is 18.6 Å². The second-order valence-electron chi connectivity index (χ2n) is 5.17. The van der Waals surface area contributed by atoms with Crippen molar-refractivity contribution >= 4 is 10.1 Å². The third kappa shape index (κ3) is 4.12. The molecule has 1 atom stereocenters. The summed E-state index contributed by atoms with van der Waals surface area (Å²) in [4.78, 5) is 0. The Morgan fingerprint density at radius 3 is 2.10 bits per heavy atom. The molecule has 0 heterocycles. The van der Waals surface area contributed by atoms with Gasteiger partial charge in [0.1, 0.15) is 5.75 Å². The smallest absolute Gasteiger partial charge is 0.347 e. The zero-order chi connectivity index (χ0) is 15.5. The second kappa shape index (κ2) is 6.68. The van der Waals surface area contributed by atoms with Gasteiger partial charge in [-0.2, -0.15) is 8.42 Å². The van der Waals surface area contributed by atoms with E-state index in [2.05, 4.69) is 4.18 Å². The summed E-state index contributed by atoms with van der Waals surface area (Å²) in [6, 6.07) is 6.16. The normalized spacial score (nSPS) is 18.7. The molecule has 0 bridgehead atoms. The highest BCUT2D eigenvalue weighted by Gasteiger charge is 2.36. The fraction of sp³-hybridized carbons (Fsp3) is 0.571. The van der Waals surface area contributed by atoms with Crippen molar-refractivity contribution in [2.45, 2.75) is 50.0 Å². The van der Waals surface area contributed by atoms with Gasteiger partial charge in [0.25, 0.3) is 11.9 Å². The van der Waals surface area contributed by atoms with E-state index in [0.717, 1.165) is 31.2 Å². The van der Waals surface area contributed by atoms with Crippen molar-refractivity contribution in [3.05, 3.63) is 29.8 Å². The maximum Gasteiger partial charge on any atom is 0.347 e. The van der Waals surface area contributed by atoms with Crippen LogP contribution in [0.1, 0.15) is 43.6 Å². The number of halogens is 3. The van der Waals surface area contributed by atoms with Crippen molar-refractivity contribution in [1.82, 2.24) is 0 Å². The van der Waals surface area contributed by atoms with Crippen LogP contribution in [0.15, 0.2) is 24.3 Å². The Morgan fingerprint density at radius 1 is 1.00 bits per heavy atom. The summed E-state index contributed by atoms with van der Waals surface area (Å²) in [6.07, 6.45) is 2.08. The van der Waals surface area contributed by atoms with Crippen LogP contribution in [0.25, 0.3) is 0 Å². The first-order valence-electron chi connectivity index (χ1n) is 6.85. The highest BCUT2D eigenvalue weighted by atomic mass is 32.2. The maximum atomic E-state index is 12.9. The molecule has 0 aliphatic heterocycles. The summed E-state index contributed by atoms with van der Waals surface area (Å²) in [6.45, 7) is 0. The van der Waals surface area contributed by atoms with Gasteiger partial charge in [-0.3, -0.25) is 0 Å². The van der Waals surface area contributed by atoms with Crippen molar-refractivity contribution in [2.24, 2.45) is 0 Å². The minimum absolute atomic E-state index is 0.155. The molecule has 0 N–H and O–H groups in total. The molecule has 1 fully saturated rings. The van der Waals surface area contributed by atoms with E-state index in [-0.39, 0.29) is 5.75 Å². The number of hydrogen-bond donors (Lipinski definition) is 0. The van der Waals surface area contributed by atoms with Gasteiger partial charge in [-0.25, -0.2) is 13.2 Å². The molecule has 0 radical (unpaired) electrons. The minimum Gasteiger partial charge on any atom is -0.380 e. The fourth-order valence-electron chi connectivity index (χ4n) is 2.54. The zero-order valence-corrected chi connectivity index (χ0v) is 12.2. The van der Waals surface area contributed by atoms with E-state index in [9.17, 15) is 21.6 Å². The van der Waals surface area contributed by atoms with Crippen molar-refractivity contribution in [1.29, 1.82) is 0 Å². The van der Waals surface area contributed by atoms with E-state index >= 15 is 0 Å². The van der Waals surface area contributed by atoms with Crippen molar-refractivity contribution in [2.75, 3.05) is 0 Å². The molecule has 1 saturated carbocycles. The van der Waals surface area contributed by atoms with Crippen LogP contribution in [0, 0.1) is 0 Å². The molecule has 1 aliphatic carbocycles. The summed E-state index contributed by atoms with van der Waals surface area (Å²) in [5.41, 5.74) is -2.28. The summed E-state index contributed by atoms with van der Waals surface area (Å²) < 4.78 is 64.0. The Labute approximate surface area is 122 Å². The van der Waals surface area contributed by atoms with Crippen LogP contribution in [-0.4, -0.2) is 20.3 Å². The lowest BCUT2D eigenvalue weighted by atomic mass is 9.84. The van der Waals surface area contributed by atoms with Gasteiger partial charge in [-0.05, 0) is 36.5 Å². The second-order valence-corrected chi connectivity index (χ2v) is 6.77. The summed E-state index contributed by atoms with van der Waals surface area (Å²) >= 11 is 0. The van der Waals surface area contributed by atoms with Crippen LogP contribution in [0.2, 0.25) is 0 Å². The Balaban J connectivity index is 2.05. The van der Waals surface area contributed by atoms with E-state index in [4.69, 9.17) is 0 Å². The van der Waals surface area contributed by atoms with Crippen molar-refractivity contribution in [3.63, 3.8) is 0 Å². The van der Waals surface area contributed by atoms with Crippen LogP contribution < -0.4 is 4.18 Å². The molecule has 0 aromatic heterocycles. The summed E-state index contributed by atoms with van der Waals surface area (Å²) in [5.74, 6) is 0.275. The molecular weight excluding hydrogens is 305 g/mol. The molecule has 0 spiro atoms. The van der Waals surface area contributed by atoms with Gasteiger partial charge in [0.05, 0.1) is 0 Å². The molecule has 1 aromatic carbocycles. The van der Waals surface area contributed by atoms with Gasteiger partial charge >= 0.3 is 10.1 Å². The van der Waals surface area contributed by atoms with E-state index in [1.807, 2.05) is 0 Å². The number of rotatable bonds is 5. The quantitative estimate of drug-likeness (QED) is 0.770. The molecule has 0 saturated heterocycles. The van der Waals surface area contributed by atoms with Crippen LogP contribution in [-0.2, 0) is 10.1 Å². The number of alkyl halides is 3. The first kappa shape index (κ1) is 16.1. The largest absolute Gasteiger partial charge is 0.380 e. The Kier molecular flexibility index (Phi) is 5.13. The van der Waals surface area contributed by atoms with Crippen LogP contribution in [0.3, 0.4) is 0 Å². The highest BCUT2D eigenvalue weighted by molar-refractivity contribution is 7.87. The lowest BCUT2D eigenvalue weighted by Gasteiger charge is -2.22. The van der Waals surface area contributed by atoms with Crippen molar-refractivity contribution < 1.29 is 25.8 Å². The molecule has 1 unspecified atom stereocenters. The Bertz CT molecular complexity index is 551. The highest BCUT2D eigenvalue weighted by Crippen LogP contribution is 2.33. The lowest BCUT2D eigenvalue weighted by Crippen LogP contribution is -2.28. The molecule has 3 nitrogen and oxygen atoms in total.